The van der Waals surface area contributed by atoms with E-state index in [-0.39, 0.29) is 0 Å². The molecule has 0 spiro atoms. The van der Waals surface area contributed by atoms with Gasteiger partial charge in [-0.05, 0) is 25.7 Å². The standard InChI is InChI=1S/C13H23NO3/c1-17-9-8-14(11-4-5-11)10-13(12(15)16)6-2-3-7-13/h11H,2-10H2,1H3,(H,15,16). The van der Waals surface area contributed by atoms with Crippen LogP contribution in [0.15, 0.2) is 0 Å². The highest BCUT2D eigenvalue weighted by atomic mass is 16.5. The maximum Gasteiger partial charge on any atom is 0.310 e. The summed E-state index contributed by atoms with van der Waals surface area (Å²) in [6.45, 7) is 2.29. The van der Waals surface area contributed by atoms with Crippen molar-refractivity contribution >= 4 is 5.97 Å². The maximum absolute atomic E-state index is 11.5. The van der Waals surface area contributed by atoms with Crippen LogP contribution in [-0.4, -0.2) is 48.8 Å². The molecule has 0 saturated heterocycles. The Balaban J connectivity index is 1.96. The Kier molecular flexibility index (Phi) is 4.05. The lowest BCUT2D eigenvalue weighted by atomic mass is 9.85. The van der Waals surface area contributed by atoms with Gasteiger partial charge in [-0.1, -0.05) is 12.8 Å². The maximum atomic E-state index is 11.5. The normalized spacial score (nSPS) is 23.2. The Morgan fingerprint density at radius 1 is 1.41 bits per heavy atom. The predicted octanol–water partition coefficient (Wildman–Crippen LogP) is 1.74. The van der Waals surface area contributed by atoms with Gasteiger partial charge in [-0.25, -0.2) is 0 Å². The molecule has 4 heteroatoms. The monoisotopic (exact) mass is 241 g/mol. The van der Waals surface area contributed by atoms with Crippen molar-refractivity contribution in [3.63, 3.8) is 0 Å². The number of ether oxygens (including phenoxy) is 1. The fourth-order valence-electron chi connectivity index (χ4n) is 2.92. The highest BCUT2D eigenvalue weighted by molar-refractivity contribution is 5.75. The van der Waals surface area contributed by atoms with Crippen molar-refractivity contribution in [2.45, 2.75) is 44.6 Å². The number of carboxylic acids is 1. The second-order valence-electron chi connectivity index (χ2n) is 5.49. The van der Waals surface area contributed by atoms with Crippen LogP contribution in [-0.2, 0) is 9.53 Å². The van der Waals surface area contributed by atoms with Crippen LogP contribution >= 0.6 is 0 Å². The molecule has 17 heavy (non-hydrogen) atoms. The second-order valence-corrected chi connectivity index (χ2v) is 5.49. The third-order valence-corrected chi connectivity index (χ3v) is 4.17. The van der Waals surface area contributed by atoms with Crippen LogP contribution in [0.4, 0.5) is 0 Å². The molecule has 0 aromatic rings. The van der Waals surface area contributed by atoms with Crippen molar-refractivity contribution in [1.82, 2.24) is 4.90 Å². The molecule has 2 fully saturated rings. The van der Waals surface area contributed by atoms with Crippen LogP contribution in [0.1, 0.15) is 38.5 Å². The number of rotatable bonds is 7. The van der Waals surface area contributed by atoms with Gasteiger partial charge < -0.3 is 9.84 Å². The fraction of sp³-hybridized carbons (Fsp3) is 0.923. The Morgan fingerprint density at radius 2 is 2.06 bits per heavy atom. The van der Waals surface area contributed by atoms with Crippen molar-refractivity contribution in [3.05, 3.63) is 0 Å². The van der Waals surface area contributed by atoms with Crippen LogP contribution in [0.25, 0.3) is 0 Å². The molecule has 98 valence electrons. The zero-order valence-corrected chi connectivity index (χ0v) is 10.7. The first-order chi connectivity index (χ1) is 8.18. The molecule has 2 saturated carbocycles. The van der Waals surface area contributed by atoms with E-state index in [1.54, 1.807) is 7.11 Å². The first kappa shape index (κ1) is 12.8. The summed E-state index contributed by atoms with van der Waals surface area (Å²) in [7, 11) is 1.70. The van der Waals surface area contributed by atoms with Crippen LogP contribution in [0.5, 0.6) is 0 Å². The van der Waals surface area contributed by atoms with E-state index in [1.165, 1.54) is 12.8 Å². The van der Waals surface area contributed by atoms with Gasteiger partial charge >= 0.3 is 5.97 Å². The lowest BCUT2D eigenvalue weighted by Crippen LogP contribution is -2.43. The SMILES string of the molecule is COCCN(CC1(C(=O)O)CCCC1)C1CC1. The van der Waals surface area contributed by atoms with Crippen molar-refractivity contribution < 1.29 is 14.6 Å². The number of hydrogen-bond acceptors (Lipinski definition) is 3. The fourth-order valence-corrected chi connectivity index (χ4v) is 2.92. The number of methoxy groups -OCH3 is 1. The topological polar surface area (TPSA) is 49.8 Å². The molecule has 2 aliphatic rings. The minimum absolute atomic E-state index is 0.476. The summed E-state index contributed by atoms with van der Waals surface area (Å²) in [5, 5.41) is 9.48. The number of carbonyl (C=O) groups is 1. The highest BCUT2D eigenvalue weighted by Crippen LogP contribution is 2.41. The summed E-state index contributed by atoms with van der Waals surface area (Å²) in [5.41, 5.74) is -0.476. The van der Waals surface area contributed by atoms with Gasteiger partial charge in [0.15, 0.2) is 0 Å². The number of hydrogen-bond donors (Lipinski definition) is 1. The van der Waals surface area contributed by atoms with Crippen molar-refractivity contribution in [2.75, 3.05) is 26.8 Å². The third-order valence-electron chi connectivity index (χ3n) is 4.17. The van der Waals surface area contributed by atoms with Gasteiger partial charge in [-0.3, -0.25) is 9.69 Å². The van der Waals surface area contributed by atoms with Crippen molar-refractivity contribution in [1.29, 1.82) is 0 Å². The third kappa shape index (κ3) is 2.99. The van der Waals surface area contributed by atoms with Gasteiger partial charge in [0, 0.05) is 26.2 Å². The van der Waals surface area contributed by atoms with E-state index < -0.39 is 11.4 Å². The van der Waals surface area contributed by atoms with E-state index >= 15 is 0 Å². The van der Waals surface area contributed by atoms with E-state index in [9.17, 15) is 9.90 Å². The number of nitrogens with zero attached hydrogens (tertiary/aromatic N) is 1. The average molecular weight is 241 g/mol. The smallest absolute Gasteiger partial charge is 0.310 e. The molecular weight excluding hydrogens is 218 g/mol. The van der Waals surface area contributed by atoms with Crippen LogP contribution in [0.3, 0.4) is 0 Å². The Labute approximate surface area is 103 Å². The molecule has 0 aromatic carbocycles. The molecule has 0 radical (unpaired) electrons. The molecule has 0 bridgehead atoms. The van der Waals surface area contributed by atoms with Gasteiger partial charge in [0.25, 0.3) is 0 Å². The number of aliphatic carboxylic acids is 1. The molecule has 0 amide bonds. The lowest BCUT2D eigenvalue weighted by Gasteiger charge is -2.32. The molecular formula is C13H23NO3. The van der Waals surface area contributed by atoms with Gasteiger partial charge in [0.1, 0.15) is 0 Å². The van der Waals surface area contributed by atoms with E-state index in [1.807, 2.05) is 0 Å². The quantitative estimate of drug-likeness (QED) is 0.737. The van der Waals surface area contributed by atoms with Crippen molar-refractivity contribution in [2.24, 2.45) is 5.41 Å². The number of carboxylic acid groups (broad SMARTS) is 1. The molecule has 4 nitrogen and oxygen atoms in total. The Bertz CT molecular complexity index is 270. The molecule has 0 aliphatic heterocycles. The summed E-state index contributed by atoms with van der Waals surface area (Å²) in [5.74, 6) is -0.599. The summed E-state index contributed by atoms with van der Waals surface area (Å²) >= 11 is 0. The molecule has 0 aromatic heterocycles. The predicted molar refractivity (Wildman–Crippen MR) is 65.0 cm³/mol. The van der Waals surface area contributed by atoms with Gasteiger partial charge in [0.2, 0.25) is 0 Å². The van der Waals surface area contributed by atoms with Gasteiger partial charge in [0.05, 0.1) is 12.0 Å². The van der Waals surface area contributed by atoms with Crippen molar-refractivity contribution in [3.8, 4) is 0 Å². The molecule has 2 aliphatic carbocycles. The van der Waals surface area contributed by atoms with Crippen LogP contribution < -0.4 is 0 Å². The molecule has 1 N–H and O–H groups in total. The second kappa shape index (κ2) is 5.36. The molecule has 0 unspecified atom stereocenters. The summed E-state index contributed by atoms with van der Waals surface area (Å²) < 4.78 is 5.12. The summed E-state index contributed by atoms with van der Waals surface area (Å²) in [6.07, 6.45) is 6.26. The molecule has 2 rings (SSSR count). The summed E-state index contributed by atoms with van der Waals surface area (Å²) in [6, 6.07) is 0.613. The zero-order valence-electron chi connectivity index (χ0n) is 10.7. The Morgan fingerprint density at radius 3 is 2.53 bits per heavy atom. The van der Waals surface area contributed by atoms with Gasteiger partial charge in [-0.15, -0.1) is 0 Å². The van der Waals surface area contributed by atoms with Gasteiger partial charge in [-0.2, -0.15) is 0 Å². The lowest BCUT2D eigenvalue weighted by molar-refractivity contribution is -0.150. The first-order valence-corrected chi connectivity index (χ1v) is 6.64. The minimum atomic E-state index is -0.599. The first-order valence-electron chi connectivity index (χ1n) is 6.64. The largest absolute Gasteiger partial charge is 0.481 e. The van der Waals surface area contributed by atoms with E-state index in [0.717, 1.165) is 38.8 Å². The van der Waals surface area contributed by atoms with Crippen LogP contribution in [0, 0.1) is 5.41 Å². The van der Waals surface area contributed by atoms with E-state index in [4.69, 9.17) is 4.74 Å². The highest BCUT2D eigenvalue weighted by Gasteiger charge is 2.44. The minimum Gasteiger partial charge on any atom is -0.481 e. The molecule has 0 atom stereocenters. The summed E-state index contributed by atoms with van der Waals surface area (Å²) in [4.78, 5) is 13.9. The molecule has 0 heterocycles. The average Bonchev–Trinajstić information content (AvgIpc) is 3.04. The zero-order chi connectivity index (χ0) is 12.3. The van der Waals surface area contributed by atoms with E-state index in [2.05, 4.69) is 4.90 Å². The van der Waals surface area contributed by atoms with E-state index in [0.29, 0.717) is 12.6 Å². The van der Waals surface area contributed by atoms with Crippen LogP contribution in [0.2, 0.25) is 0 Å². The Hall–Kier alpha value is -0.610.